The van der Waals surface area contributed by atoms with Crippen molar-refractivity contribution in [2.24, 2.45) is 11.5 Å². The van der Waals surface area contributed by atoms with E-state index in [1.807, 2.05) is 24.4 Å². The fourth-order valence-corrected chi connectivity index (χ4v) is 2.23. The maximum atomic E-state index is 11.0. The molecule has 3 heterocycles. The highest BCUT2D eigenvalue weighted by Gasteiger charge is 2.33. The molecule has 0 radical (unpaired) electrons. The number of carbonyl (C=O) groups is 2. The highest BCUT2D eigenvalue weighted by atomic mass is 16.5. The third-order valence-corrected chi connectivity index (χ3v) is 3.36. The van der Waals surface area contributed by atoms with Gasteiger partial charge in [-0.1, -0.05) is 0 Å². The normalized spacial score (nSPS) is 21.0. The van der Waals surface area contributed by atoms with Crippen molar-refractivity contribution in [2.75, 3.05) is 19.6 Å². The molecule has 3 rings (SSSR count). The number of nitrogens with two attached hydrogens (primary N) is 2. The lowest BCUT2D eigenvalue weighted by molar-refractivity contribution is -0.854. The first kappa shape index (κ1) is 15.7. The van der Waals surface area contributed by atoms with Crippen molar-refractivity contribution in [3.05, 3.63) is 35.8 Å². The number of primary amides is 2. The number of rotatable bonds is 1. The second-order valence-electron chi connectivity index (χ2n) is 4.86. The van der Waals surface area contributed by atoms with Crippen molar-refractivity contribution in [3.63, 3.8) is 0 Å². The van der Waals surface area contributed by atoms with E-state index in [1.54, 1.807) is 6.20 Å². The predicted octanol–water partition coefficient (Wildman–Crippen LogP) is -1.82. The minimum Gasteiger partial charge on any atom is -0.634 e. The number of aromatic amines is 1. The lowest BCUT2D eigenvalue weighted by atomic mass is 10.2. The third-order valence-electron chi connectivity index (χ3n) is 3.36. The predicted molar refractivity (Wildman–Crippen MR) is 79.4 cm³/mol. The number of quaternary nitrogens is 1. The molecule has 2 aromatic heterocycles. The van der Waals surface area contributed by atoms with E-state index >= 15 is 0 Å². The molecule has 3 amide bonds. The van der Waals surface area contributed by atoms with Gasteiger partial charge in [-0.05, 0) is 18.2 Å². The number of hydrogen-bond donors (Lipinski definition) is 4. The Labute approximate surface area is 126 Å². The number of hydroxylamine groups is 2. The van der Waals surface area contributed by atoms with Gasteiger partial charge in [-0.25, -0.2) is 9.78 Å². The molecule has 1 fully saturated rings. The van der Waals surface area contributed by atoms with Gasteiger partial charge in [0.05, 0.1) is 13.1 Å². The molecule has 2 atom stereocenters. The van der Waals surface area contributed by atoms with Crippen molar-refractivity contribution in [3.8, 4) is 0 Å². The molecular formula is C13H18N6O3. The second-order valence-corrected chi connectivity index (χ2v) is 4.86. The van der Waals surface area contributed by atoms with E-state index in [1.165, 1.54) is 0 Å². The minimum absolute atomic E-state index is 0.0156. The fraction of sp³-hybridized carbons (Fsp3) is 0.308. The number of H-pyrrole nitrogens is 1. The van der Waals surface area contributed by atoms with Crippen LogP contribution in [0.3, 0.4) is 0 Å². The number of aromatic nitrogens is 2. The van der Waals surface area contributed by atoms with Crippen LogP contribution in [0.4, 0.5) is 4.79 Å². The molecule has 0 aromatic carbocycles. The zero-order chi connectivity index (χ0) is 16.1. The summed E-state index contributed by atoms with van der Waals surface area (Å²) in [5, 5.41) is 12.1. The minimum atomic E-state index is -0.862. The molecule has 0 bridgehead atoms. The summed E-state index contributed by atoms with van der Waals surface area (Å²) in [6.45, 7) is 0.409. The van der Waals surface area contributed by atoms with Crippen molar-refractivity contribution in [1.82, 2.24) is 14.9 Å². The van der Waals surface area contributed by atoms with Gasteiger partial charge >= 0.3 is 6.03 Å². The average Bonchev–Trinajstić information content (AvgIpc) is 2.95. The maximum Gasteiger partial charge on any atom is 0.315 e. The highest BCUT2D eigenvalue weighted by Crippen LogP contribution is 2.05. The lowest BCUT2D eigenvalue weighted by Crippen LogP contribution is -3.11. The zero-order valence-electron chi connectivity index (χ0n) is 11.9. The molecule has 118 valence electrons. The van der Waals surface area contributed by atoms with Crippen molar-refractivity contribution < 1.29 is 14.7 Å². The van der Waals surface area contributed by atoms with Crippen LogP contribution in [0.15, 0.2) is 30.6 Å². The molecule has 1 aliphatic heterocycles. The van der Waals surface area contributed by atoms with Gasteiger partial charge in [0.1, 0.15) is 12.2 Å². The standard InChI is InChI=1S/C7H6N2.C6H12N4O3/c1-2-6-3-5-9-7(6)8-4-1;7-5(11)4-3-9(13)1-2-10(4)6(8)12/h1-5H,(H,8,9);4,9H,1-3H2,(H2,7,11)(H2,8,12). The number of pyridine rings is 1. The number of amides is 3. The highest BCUT2D eigenvalue weighted by molar-refractivity contribution is 5.85. The van der Waals surface area contributed by atoms with Crippen LogP contribution in [-0.4, -0.2) is 52.5 Å². The van der Waals surface area contributed by atoms with Crippen molar-refractivity contribution in [1.29, 1.82) is 0 Å². The van der Waals surface area contributed by atoms with Gasteiger partial charge in [0.2, 0.25) is 5.91 Å². The van der Waals surface area contributed by atoms with E-state index in [0.717, 1.165) is 15.9 Å². The molecule has 2 aromatic rings. The molecule has 0 spiro atoms. The number of hydrogen-bond acceptors (Lipinski definition) is 4. The van der Waals surface area contributed by atoms with Gasteiger partial charge in [0.25, 0.3) is 0 Å². The Kier molecular flexibility index (Phi) is 4.92. The second kappa shape index (κ2) is 6.87. The Bertz CT molecular complexity index is 628. The Morgan fingerprint density at radius 2 is 2.18 bits per heavy atom. The van der Waals surface area contributed by atoms with Crippen LogP contribution in [0, 0.1) is 5.21 Å². The molecule has 9 heteroatoms. The summed E-state index contributed by atoms with van der Waals surface area (Å²) in [4.78, 5) is 29.9. The van der Waals surface area contributed by atoms with E-state index in [-0.39, 0.29) is 24.7 Å². The largest absolute Gasteiger partial charge is 0.634 e. The van der Waals surface area contributed by atoms with Gasteiger partial charge < -0.3 is 31.6 Å². The van der Waals surface area contributed by atoms with Crippen LogP contribution in [0.2, 0.25) is 0 Å². The first-order valence-corrected chi connectivity index (χ1v) is 6.74. The Morgan fingerprint density at radius 1 is 1.41 bits per heavy atom. The summed E-state index contributed by atoms with van der Waals surface area (Å²) in [6.07, 6.45) is 3.66. The molecular weight excluding hydrogens is 288 g/mol. The average molecular weight is 306 g/mol. The van der Waals surface area contributed by atoms with Crippen LogP contribution >= 0.6 is 0 Å². The van der Waals surface area contributed by atoms with Crippen LogP contribution in [0.1, 0.15) is 0 Å². The quantitative estimate of drug-likeness (QED) is 0.459. The fourth-order valence-electron chi connectivity index (χ4n) is 2.23. The molecule has 22 heavy (non-hydrogen) atoms. The summed E-state index contributed by atoms with van der Waals surface area (Å²) in [5.74, 6) is -0.688. The van der Waals surface area contributed by atoms with Gasteiger partial charge in [-0.15, -0.1) is 0 Å². The summed E-state index contributed by atoms with van der Waals surface area (Å²) in [7, 11) is 0. The molecule has 1 saturated heterocycles. The van der Waals surface area contributed by atoms with Gasteiger partial charge in [-0.2, -0.15) is 0 Å². The SMILES string of the molecule is NC(=O)C1C[NH+]([O-])CCN1C(N)=O.c1cnc2[nH]ccc2c1. The number of nitrogens with one attached hydrogen (secondary N) is 2. The van der Waals surface area contributed by atoms with Crippen LogP contribution in [0.25, 0.3) is 11.0 Å². The smallest absolute Gasteiger partial charge is 0.315 e. The van der Waals surface area contributed by atoms with Gasteiger partial charge in [-0.3, -0.25) is 4.79 Å². The lowest BCUT2D eigenvalue weighted by Gasteiger charge is -2.38. The van der Waals surface area contributed by atoms with E-state index in [4.69, 9.17) is 11.5 Å². The Balaban J connectivity index is 0.000000170. The van der Waals surface area contributed by atoms with E-state index in [2.05, 4.69) is 9.97 Å². The van der Waals surface area contributed by atoms with Crippen LogP contribution in [0.5, 0.6) is 0 Å². The molecule has 2 unspecified atom stereocenters. The van der Waals surface area contributed by atoms with Crippen LogP contribution < -0.4 is 16.5 Å². The van der Waals surface area contributed by atoms with E-state index in [0.29, 0.717) is 0 Å². The zero-order valence-corrected chi connectivity index (χ0v) is 11.9. The van der Waals surface area contributed by atoms with Crippen LogP contribution in [-0.2, 0) is 4.79 Å². The third kappa shape index (κ3) is 3.71. The summed E-state index contributed by atoms with van der Waals surface area (Å²) < 4.78 is 0. The maximum absolute atomic E-state index is 11.0. The topological polar surface area (TPSA) is 146 Å². The molecule has 0 saturated carbocycles. The van der Waals surface area contributed by atoms with Gasteiger partial charge in [0.15, 0.2) is 6.04 Å². The summed E-state index contributed by atoms with van der Waals surface area (Å²) in [6, 6.07) is 4.38. The van der Waals surface area contributed by atoms with Gasteiger partial charge in [0, 0.05) is 17.8 Å². The van der Waals surface area contributed by atoms with Crippen molar-refractivity contribution >= 4 is 23.0 Å². The molecule has 0 aliphatic carbocycles. The number of urea groups is 1. The monoisotopic (exact) mass is 306 g/mol. The van der Waals surface area contributed by atoms with Crippen molar-refractivity contribution in [2.45, 2.75) is 6.04 Å². The summed E-state index contributed by atoms with van der Waals surface area (Å²) >= 11 is 0. The Morgan fingerprint density at radius 3 is 2.82 bits per heavy atom. The Hall–Kier alpha value is -2.65. The first-order valence-electron chi connectivity index (χ1n) is 6.74. The number of carbonyl (C=O) groups excluding carboxylic acids is 2. The van der Waals surface area contributed by atoms with E-state index in [9.17, 15) is 14.8 Å². The molecule has 1 aliphatic rings. The molecule has 9 nitrogen and oxygen atoms in total. The summed E-state index contributed by atoms with van der Waals surface area (Å²) in [5.41, 5.74) is 11.0. The number of piperazine rings is 1. The first-order chi connectivity index (χ1) is 10.5. The van der Waals surface area contributed by atoms with E-state index < -0.39 is 18.0 Å². The number of nitrogens with zero attached hydrogens (tertiary/aromatic N) is 2. The molecule has 6 N–H and O–H groups in total. The number of fused-ring (bicyclic) bond motifs is 1.